The number of carboxylic acids is 1. The summed E-state index contributed by atoms with van der Waals surface area (Å²) in [6.45, 7) is 6.67. The third-order valence-electron chi connectivity index (χ3n) is 3.29. The first-order valence-corrected chi connectivity index (χ1v) is 7.01. The van der Waals surface area contributed by atoms with Crippen molar-refractivity contribution < 1.29 is 19.4 Å². The molecule has 116 valence electrons. The fraction of sp³-hybridized carbons (Fsp3) is 0.643. The number of aromatic carboxylic acids is 1. The van der Waals surface area contributed by atoms with Gasteiger partial charge in [0.15, 0.2) is 5.69 Å². The number of imidazole rings is 1. The maximum atomic E-state index is 12.1. The summed E-state index contributed by atoms with van der Waals surface area (Å²) in [5, 5.41) is 8.90. The van der Waals surface area contributed by atoms with Crippen LogP contribution < -0.4 is 0 Å². The molecule has 7 nitrogen and oxygen atoms in total. The van der Waals surface area contributed by atoms with Crippen molar-refractivity contribution in [2.24, 2.45) is 0 Å². The van der Waals surface area contributed by atoms with Crippen LogP contribution in [0.25, 0.3) is 0 Å². The van der Waals surface area contributed by atoms with Crippen LogP contribution in [0.4, 0.5) is 4.79 Å². The lowest BCUT2D eigenvalue weighted by molar-refractivity contribution is 0.0172. The number of likely N-dealkylation sites (tertiary alicyclic amines) is 1. The molecule has 0 saturated carbocycles. The van der Waals surface area contributed by atoms with Crippen LogP contribution in [0, 0.1) is 0 Å². The van der Waals surface area contributed by atoms with E-state index in [4.69, 9.17) is 9.84 Å². The highest BCUT2D eigenvalue weighted by atomic mass is 16.6. The molecule has 1 aromatic rings. The van der Waals surface area contributed by atoms with Crippen molar-refractivity contribution in [3.8, 4) is 0 Å². The Kier molecular flexibility index (Phi) is 4.20. The Hall–Kier alpha value is -2.05. The van der Waals surface area contributed by atoms with Crippen molar-refractivity contribution in [3.63, 3.8) is 0 Å². The summed E-state index contributed by atoms with van der Waals surface area (Å²) < 4.78 is 7.14. The largest absolute Gasteiger partial charge is 0.476 e. The van der Waals surface area contributed by atoms with Crippen molar-refractivity contribution in [3.05, 3.63) is 18.2 Å². The summed E-state index contributed by atoms with van der Waals surface area (Å²) >= 11 is 0. The van der Waals surface area contributed by atoms with Gasteiger partial charge in [-0.2, -0.15) is 0 Å². The van der Waals surface area contributed by atoms with E-state index in [1.54, 1.807) is 9.47 Å². The molecule has 1 aliphatic heterocycles. The zero-order valence-electron chi connectivity index (χ0n) is 12.6. The highest BCUT2D eigenvalue weighted by Gasteiger charge is 2.28. The van der Waals surface area contributed by atoms with Gasteiger partial charge >= 0.3 is 12.1 Å². The van der Waals surface area contributed by atoms with E-state index >= 15 is 0 Å². The summed E-state index contributed by atoms with van der Waals surface area (Å²) in [6.07, 6.45) is 4.42. The predicted octanol–water partition coefficient (Wildman–Crippen LogP) is 2.15. The Morgan fingerprint density at radius 1 is 1.43 bits per heavy atom. The van der Waals surface area contributed by atoms with E-state index in [1.165, 1.54) is 12.5 Å². The molecule has 1 aromatic heterocycles. The topological polar surface area (TPSA) is 84.7 Å². The number of amides is 1. The zero-order valence-corrected chi connectivity index (χ0v) is 12.6. The molecular weight excluding hydrogens is 274 g/mol. The molecule has 21 heavy (non-hydrogen) atoms. The van der Waals surface area contributed by atoms with Crippen molar-refractivity contribution in [1.82, 2.24) is 14.5 Å². The lowest BCUT2D eigenvalue weighted by Gasteiger charge is -2.34. The second-order valence-corrected chi connectivity index (χ2v) is 6.23. The summed E-state index contributed by atoms with van der Waals surface area (Å²) in [6, 6.07) is 0.0341. The van der Waals surface area contributed by atoms with E-state index in [1.807, 2.05) is 20.8 Å². The summed E-state index contributed by atoms with van der Waals surface area (Å²) in [5.74, 6) is -1.05. The number of nitrogens with zero attached hydrogens (tertiary/aromatic N) is 3. The molecule has 1 aliphatic rings. The number of ether oxygens (including phenoxy) is 1. The van der Waals surface area contributed by atoms with Gasteiger partial charge in [-0.3, -0.25) is 0 Å². The standard InChI is InChI=1S/C14H21N3O4/c1-14(2,3)21-13(20)16-6-4-5-10(7-16)17-8-11(12(18)19)15-9-17/h8-10H,4-7H2,1-3H3,(H,18,19)/t10-/m0/s1. The molecule has 1 saturated heterocycles. The summed E-state index contributed by atoms with van der Waals surface area (Å²) in [5.41, 5.74) is -0.500. The first-order chi connectivity index (χ1) is 9.76. The molecular formula is C14H21N3O4. The number of aromatic nitrogens is 2. The van der Waals surface area contributed by atoms with E-state index in [-0.39, 0.29) is 17.8 Å². The maximum Gasteiger partial charge on any atom is 0.410 e. The average molecular weight is 295 g/mol. The molecule has 2 rings (SSSR count). The van der Waals surface area contributed by atoms with Gasteiger partial charge < -0.3 is 19.3 Å². The number of rotatable bonds is 2. The quantitative estimate of drug-likeness (QED) is 0.903. The van der Waals surface area contributed by atoms with Gasteiger partial charge in [0.1, 0.15) is 5.60 Å². The monoisotopic (exact) mass is 295 g/mol. The average Bonchev–Trinajstić information content (AvgIpc) is 2.86. The number of carbonyl (C=O) groups is 2. The van der Waals surface area contributed by atoms with Gasteiger partial charge in [0.05, 0.1) is 12.4 Å². The van der Waals surface area contributed by atoms with Crippen molar-refractivity contribution in [2.75, 3.05) is 13.1 Å². The lowest BCUT2D eigenvalue weighted by Crippen LogP contribution is -2.43. The highest BCUT2D eigenvalue weighted by Crippen LogP contribution is 2.23. The fourth-order valence-electron chi connectivity index (χ4n) is 2.34. The molecule has 1 N–H and O–H groups in total. The first kappa shape index (κ1) is 15.3. The minimum absolute atomic E-state index is 0.0180. The van der Waals surface area contributed by atoms with Crippen molar-refractivity contribution >= 4 is 12.1 Å². The molecule has 1 fully saturated rings. The Morgan fingerprint density at radius 2 is 2.14 bits per heavy atom. The van der Waals surface area contributed by atoms with Crippen LogP contribution >= 0.6 is 0 Å². The Bertz CT molecular complexity index is 533. The highest BCUT2D eigenvalue weighted by molar-refractivity contribution is 5.84. The second-order valence-electron chi connectivity index (χ2n) is 6.23. The molecule has 0 spiro atoms. The Labute approximate surface area is 123 Å². The first-order valence-electron chi connectivity index (χ1n) is 7.01. The maximum absolute atomic E-state index is 12.1. The molecule has 1 atom stereocenters. The molecule has 0 bridgehead atoms. The summed E-state index contributed by atoms with van der Waals surface area (Å²) in [7, 11) is 0. The van der Waals surface area contributed by atoms with Gasteiger partial charge in [0.2, 0.25) is 0 Å². The van der Waals surface area contributed by atoms with E-state index in [9.17, 15) is 9.59 Å². The van der Waals surface area contributed by atoms with Crippen molar-refractivity contribution in [1.29, 1.82) is 0 Å². The molecule has 0 radical (unpaired) electrons. The number of hydrogen-bond donors (Lipinski definition) is 1. The number of carboxylic acid groups (broad SMARTS) is 1. The van der Waals surface area contributed by atoms with Crippen LogP contribution in [0.3, 0.4) is 0 Å². The van der Waals surface area contributed by atoms with Gasteiger partial charge in [-0.1, -0.05) is 0 Å². The normalized spacial score (nSPS) is 19.4. The third kappa shape index (κ3) is 3.96. The van der Waals surface area contributed by atoms with Crippen LogP contribution in [0.5, 0.6) is 0 Å². The number of hydrogen-bond acceptors (Lipinski definition) is 4. The molecule has 1 amide bonds. The van der Waals surface area contributed by atoms with Crippen LogP contribution in [-0.4, -0.2) is 50.3 Å². The second kappa shape index (κ2) is 5.75. The van der Waals surface area contributed by atoms with Crippen LogP contribution in [0.2, 0.25) is 0 Å². The van der Waals surface area contributed by atoms with Crippen LogP contribution in [-0.2, 0) is 4.74 Å². The van der Waals surface area contributed by atoms with E-state index in [0.29, 0.717) is 13.1 Å². The van der Waals surface area contributed by atoms with Crippen LogP contribution in [0.15, 0.2) is 12.5 Å². The number of carbonyl (C=O) groups excluding carboxylic acids is 1. The predicted molar refractivity (Wildman–Crippen MR) is 75.3 cm³/mol. The smallest absolute Gasteiger partial charge is 0.410 e. The molecule has 0 unspecified atom stereocenters. The Balaban J connectivity index is 2.03. The van der Waals surface area contributed by atoms with Crippen LogP contribution in [0.1, 0.15) is 50.1 Å². The molecule has 0 aliphatic carbocycles. The lowest BCUT2D eigenvalue weighted by atomic mass is 10.1. The molecule has 0 aromatic carbocycles. The number of piperidine rings is 1. The molecule has 7 heteroatoms. The van der Waals surface area contributed by atoms with Gasteiger partial charge in [-0.15, -0.1) is 0 Å². The third-order valence-corrected chi connectivity index (χ3v) is 3.29. The van der Waals surface area contributed by atoms with Crippen molar-refractivity contribution in [2.45, 2.75) is 45.3 Å². The fourth-order valence-corrected chi connectivity index (χ4v) is 2.34. The SMILES string of the molecule is CC(C)(C)OC(=O)N1CCC[C@H](n2cnc(C(=O)O)c2)C1. The van der Waals surface area contributed by atoms with Gasteiger partial charge in [0, 0.05) is 19.3 Å². The minimum Gasteiger partial charge on any atom is -0.476 e. The summed E-state index contributed by atoms with van der Waals surface area (Å²) in [4.78, 5) is 28.5. The Morgan fingerprint density at radius 3 is 2.71 bits per heavy atom. The molecule has 2 heterocycles. The minimum atomic E-state index is -1.05. The van der Waals surface area contributed by atoms with Gasteiger partial charge in [-0.25, -0.2) is 14.6 Å². The zero-order chi connectivity index (χ0) is 15.6. The van der Waals surface area contributed by atoms with Gasteiger partial charge in [-0.05, 0) is 33.6 Å². The van der Waals surface area contributed by atoms with E-state index in [2.05, 4.69) is 4.98 Å². The van der Waals surface area contributed by atoms with E-state index in [0.717, 1.165) is 12.8 Å². The van der Waals surface area contributed by atoms with E-state index < -0.39 is 11.6 Å². The van der Waals surface area contributed by atoms with Gasteiger partial charge in [0.25, 0.3) is 0 Å².